The average Bonchev–Trinajstić information content (AvgIpc) is 2.63. The number of nitro groups is 1. The summed E-state index contributed by atoms with van der Waals surface area (Å²) in [6.07, 6.45) is 0.590. The highest BCUT2D eigenvalue weighted by Gasteiger charge is 2.28. The van der Waals surface area contributed by atoms with Crippen LogP contribution in [0, 0.1) is 29.9 Å². The van der Waals surface area contributed by atoms with Crippen molar-refractivity contribution in [1.29, 1.82) is 0 Å². The summed E-state index contributed by atoms with van der Waals surface area (Å²) in [5, 5.41) is 14.4. The normalized spacial score (nSPS) is 15.9. The number of anilines is 1. The molecule has 1 aromatic heterocycles. The Morgan fingerprint density at radius 2 is 2.19 bits per heavy atom. The molecule has 0 aliphatic carbocycles. The highest BCUT2D eigenvalue weighted by molar-refractivity contribution is 7.99. The van der Waals surface area contributed by atoms with Crippen LogP contribution in [0.5, 0.6) is 0 Å². The van der Waals surface area contributed by atoms with E-state index in [0.29, 0.717) is 28.6 Å². The first-order chi connectivity index (χ1) is 12.8. The molecule has 0 saturated heterocycles. The molecule has 142 valence electrons. The lowest BCUT2D eigenvalue weighted by atomic mass is 10.1. The van der Waals surface area contributed by atoms with E-state index in [2.05, 4.69) is 10.3 Å². The number of aromatic nitrogens is 2. The molecular weight excluding hydrogens is 368 g/mol. The number of hydrogen-bond donors (Lipinski definition) is 1. The summed E-state index contributed by atoms with van der Waals surface area (Å²) in [5.41, 5.74) is 2.36. The second-order valence-electron chi connectivity index (χ2n) is 6.48. The quantitative estimate of drug-likeness (QED) is 0.490. The summed E-state index contributed by atoms with van der Waals surface area (Å²) in [5.74, 6) is -0.188. The van der Waals surface area contributed by atoms with Gasteiger partial charge in [-0.25, -0.2) is 4.98 Å². The Hall–Kier alpha value is -2.68. The fourth-order valence-corrected chi connectivity index (χ4v) is 4.18. The predicted molar refractivity (Wildman–Crippen MR) is 103 cm³/mol. The van der Waals surface area contributed by atoms with Crippen LogP contribution in [-0.2, 0) is 17.8 Å². The summed E-state index contributed by atoms with van der Waals surface area (Å²) in [4.78, 5) is 40.3. The van der Waals surface area contributed by atoms with Gasteiger partial charge in [0, 0.05) is 35.7 Å². The number of hydrogen-bond acceptors (Lipinski definition) is 6. The fourth-order valence-electron chi connectivity index (χ4n) is 3.05. The van der Waals surface area contributed by atoms with Gasteiger partial charge in [0.05, 0.1) is 16.5 Å². The topological polar surface area (TPSA) is 107 Å². The maximum atomic E-state index is 12.7. The number of rotatable bonds is 4. The number of nitrogens with one attached hydrogen (secondary N) is 1. The third kappa shape index (κ3) is 3.73. The van der Waals surface area contributed by atoms with E-state index in [9.17, 15) is 19.7 Å². The molecule has 1 amide bonds. The van der Waals surface area contributed by atoms with Gasteiger partial charge < -0.3 is 5.32 Å². The number of non-ortho nitro benzene ring substituents is 1. The van der Waals surface area contributed by atoms with Crippen LogP contribution in [0.25, 0.3) is 0 Å². The van der Waals surface area contributed by atoms with Crippen LogP contribution in [0.2, 0.25) is 0 Å². The van der Waals surface area contributed by atoms with E-state index in [1.807, 2.05) is 13.8 Å². The van der Waals surface area contributed by atoms with Crippen molar-refractivity contribution in [1.82, 2.24) is 9.55 Å². The summed E-state index contributed by atoms with van der Waals surface area (Å²) >= 11 is 1.38. The van der Waals surface area contributed by atoms with E-state index in [-0.39, 0.29) is 23.7 Å². The Balaban J connectivity index is 1.84. The lowest BCUT2D eigenvalue weighted by molar-refractivity contribution is -0.384. The minimum absolute atomic E-state index is 0.0808. The van der Waals surface area contributed by atoms with Crippen molar-refractivity contribution in [2.75, 3.05) is 11.1 Å². The van der Waals surface area contributed by atoms with E-state index >= 15 is 0 Å². The van der Waals surface area contributed by atoms with Crippen molar-refractivity contribution in [2.45, 2.75) is 38.9 Å². The first-order valence-corrected chi connectivity index (χ1v) is 9.59. The minimum Gasteiger partial charge on any atom is -0.325 e. The Morgan fingerprint density at radius 3 is 2.85 bits per heavy atom. The molecule has 0 fully saturated rings. The Bertz CT molecular complexity index is 986. The van der Waals surface area contributed by atoms with Crippen LogP contribution in [0.1, 0.15) is 23.7 Å². The van der Waals surface area contributed by atoms with Gasteiger partial charge in [-0.05, 0) is 25.8 Å². The van der Waals surface area contributed by atoms with Gasteiger partial charge in [0.2, 0.25) is 5.91 Å². The molecular formula is C18H20N4O4S. The third-order valence-electron chi connectivity index (χ3n) is 4.67. The van der Waals surface area contributed by atoms with Crippen molar-refractivity contribution in [3.63, 3.8) is 0 Å². The van der Waals surface area contributed by atoms with Crippen LogP contribution in [0.15, 0.2) is 28.2 Å². The molecule has 1 aromatic carbocycles. The second-order valence-corrected chi connectivity index (χ2v) is 7.47. The third-order valence-corrected chi connectivity index (χ3v) is 5.80. The molecule has 1 N–H and O–H groups in total. The van der Waals surface area contributed by atoms with Gasteiger partial charge in [-0.15, -0.1) is 0 Å². The van der Waals surface area contributed by atoms with Crippen LogP contribution in [-0.4, -0.2) is 26.1 Å². The number of thioether (sulfide) groups is 1. The number of amides is 1. The molecule has 1 unspecified atom stereocenters. The maximum Gasteiger partial charge on any atom is 0.271 e. The van der Waals surface area contributed by atoms with Gasteiger partial charge in [-0.3, -0.25) is 24.3 Å². The van der Waals surface area contributed by atoms with Gasteiger partial charge in [-0.1, -0.05) is 24.8 Å². The molecule has 0 radical (unpaired) electrons. The molecule has 3 rings (SSSR count). The fraction of sp³-hybridized carbons (Fsp3) is 0.389. The van der Waals surface area contributed by atoms with Crippen molar-refractivity contribution in [2.24, 2.45) is 5.92 Å². The van der Waals surface area contributed by atoms with E-state index in [0.717, 1.165) is 11.3 Å². The predicted octanol–water partition coefficient (Wildman–Crippen LogP) is 2.69. The molecule has 1 aliphatic heterocycles. The van der Waals surface area contributed by atoms with E-state index in [4.69, 9.17) is 0 Å². The molecule has 0 spiro atoms. The lowest BCUT2D eigenvalue weighted by Gasteiger charge is -2.25. The van der Waals surface area contributed by atoms with E-state index in [1.54, 1.807) is 17.6 Å². The maximum absolute atomic E-state index is 12.7. The number of nitrogens with zero attached hydrogens (tertiary/aromatic N) is 3. The molecule has 1 atom stereocenters. The van der Waals surface area contributed by atoms with Gasteiger partial charge in [0.25, 0.3) is 11.2 Å². The summed E-state index contributed by atoms with van der Waals surface area (Å²) in [7, 11) is 0. The Kier molecular flexibility index (Phi) is 5.31. The van der Waals surface area contributed by atoms with E-state index in [1.165, 1.54) is 23.9 Å². The zero-order valence-corrected chi connectivity index (χ0v) is 16.1. The number of carbonyl (C=O) groups is 1. The molecule has 27 heavy (non-hydrogen) atoms. The molecule has 0 bridgehead atoms. The Labute approximate surface area is 160 Å². The standard InChI is InChI=1S/C18H20N4O4S/c1-4-14-11(3)19-18-21(17(14)24)8-12(9-27-18)16(23)20-15-7-13(22(25)26)6-5-10(15)2/h5-7,12H,4,8-9H2,1-3H3,(H,20,23). The van der Waals surface area contributed by atoms with Crippen molar-refractivity contribution in [3.05, 3.63) is 55.5 Å². The number of carbonyl (C=O) groups excluding carboxylic acids is 1. The molecule has 2 heterocycles. The zero-order chi connectivity index (χ0) is 19.7. The smallest absolute Gasteiger partial charge is 0.271 e. The first-order valence-electron chi connectivity index (χ1n) is 8.60. The molecule has 9 heteroatoms. The number of aryl methyl sites for hydroxylation is 2. The zero-order valence-electron chi connectivity index (χ0n) is 15.3. The average molecular weight is 388 g/mol. The van der Waals surface area contributed by atoms with Gasteiger partial charge in [-0.2, -0.15) is 0 Å². The monoisotopic (exact) mass is 388 g/mol. The Morgan fingerprint density at radius 1 is 1.44 bits per heavy atom. The molecule has 0 saturated carbocycles. The van der Waals surface area contributed by atoms with E-state index < -0.39 is 10.8 Å². The van der Waals surface area contributed by atoms with Crippen LogP contribution < -0.4 is 10.9 Å². The highest BCUT2D eigenvalue weighted by Crippen LogP contribution is 2.28. The summed E-state index contributed by atoms with van der Waals surface area (Å²) in [6.45, 7) is 5.76. The molecule has 1 aliphatic rings. The minimum atomic E-state index is -0.498. The number of fused-ring (bicyclic) bond motifs is 1. The first kappa shape index (κ1) is 19.1. The van der Waals surface area contributed by atoms with Crippen LogP contribution in [0.4, 0.5) is 11.4 Å². The van der Waals surface area contributed by atoms with Crippen molar-refractivity contribution in [3.8, 4) is 0 Å². The van der Waals surface area contributed by atoms with Crippen LogP contribution >= 0.6 is 11.8 Å². The number of nitro benzene ring substituents is 1. The van der Waals surface area contributed by atoms with Crippen molar-refractivity contribution < 1.29 is 9.72 Å². The summed E-state index contributed by atoms with van der Waals surface area (Å²) in [6, 6.07) is 4.35. The molecule has 2 aromatic rings. The van der Waals surface area contributed by atoms with Crippen LogP contribution in [0.3, 0.4) is 0 Å². The summed E-state index contributed by atoms with van der Waals surface area (Å²) < 4.78 is 1.56. The SMILES string of the molecule is CCc1c(C)nc2n(c1=O)CC(C(=O)Nc1cc([N+](=O)[O-])ccc1C)CS2. The van der Waals surface area contributed by atoms with Gasteiger partial charge in [0.15, 0.2) is 5.16 Å². The lowest BCUT2D eigenvalue weighted by Crippen LogP contribution is -2.38. The largest absolute Gasteiger partial charge is 0.325 e. The van der Waals surface area contributed by atoms with Crippen molar-refractivity contribution >= 4 is 29.0 Å². The van der Waals surface area contributed by atoms with Gasteiger partial charge in [0.1, 0.15) is 0 Å². The highest BCUT2D eigenvalue weighted by atomic mass is 32.2. The molecule has 8 nitrogen and oxygen atoms in total. The van der Waals surface area contributed by atoms with Gasteiger partial charge >= 0.3 is 0 Å². The number of benzene rings is 1. The second kappa shape index (κ2) is 7.51.